The fraction of sp³-hybridized carbons (Fsp3) is 0.900. The van der Waals surface area contributed by atoms with Crippen LogP contribution < -0.4 is 0 Å². The molecule has 0 bridgehead atoms. The average Bonchev–Trinajstić information content (AvgIpc) is 2.54. The van der Waals surface area contributed by atoms with Crippen LogP contribution in [0.1, 0.15) is 39.5 Å². The summed E-state index contributed by atoms with van der Waals surface area (Å²) in [5.74, 6) is -0.310. The van der Waals surface area contributed by atoms with Crippen LogP contribution in [0.3, 0.4) is 0 Å². The number of carbonyl (C=O) groups is 1. The molecule has 1 aliphatic carbocycles. The molecule has 0 radical (unpaired) electrons. The highest BCUT2D eigenvalue weighted by Crippen LogP contribution is 2.26. The first-order chi connectivity index (χ1) is 6.43. The van der Waals surface area contributed by atoms with Crippen LogP contribution in [0.2, 0.25) is 0 Å². The van der Waals surface area contributed by atoms with Crippen molar-refractivity contribution in [2.24, 2.45) is 5.92 Å². The molecule has 0 saturated heterocycles. The van der Waals surface area contributed by atoms with Gasteiger partial charge in [0.2, 0.25) is 0 Å². The van der Waals surface area contributed by atoms with Crippen LogP contribution in [0.4, 0.5) is 0 Å². The molecule has 0 amide bonds. The van der Waals surface area contributed by atoms with Crippen LogP contribution in [-0.4, -0.2) is 25.2 Å². The second-order valence-electron chi connectivity index (χ2n) is 4.30. The smallest absolute Gasteiger partial charge is 0.159 e. The molecule has 0 aliphatic heterocycles. The fourth-order valence-electron chi connectivity index (χ4n) is 1.73. The molecule has 0 aromatic heterocycles. The minimum absolute atomic E-state index is 0.0172. The minimum Gasteiger partial charge on any atom is -0.298 e. The zero-order valence-corrected chi connectivity index (χ0v) is 9.64. The van der Waals surface area contributed by atoms with Gasteiger partial charge in [-0.05, 0) is 26.7 Å². The van der Waals surface area contributed by atoms with Gasteiger partial charge in [0.05, 0.1) is 5.25 Å². The highest BCUT2D eigenvalue weighted by molar-refractivity contribution is 7.92. The summed E-state index contributed by atoms with van der Waals surface area (Å²) >= 11 is 0. The Morgan fingerprint density at radius 2 is 1.79 bits per heavy atom. The fourth-order valence-corrected chi connectivity index (χ4v) is 2.70. The van der Waals surface area contributed by atoms with E-state index in [2.05, 4.69) is 0 Å². The Labute approximate surface area is 85.8 Å². The van der Waals surface area contributed by atoms with Gasteiger partial charge in [0, 0.05) is 5.92 Å². The van der Waals surface area contributed by atoms with Crippen molar-refractivity contribution in [1.82, 2.24) is 0 Å². The van der Waals surface area contributed by atoms with E-state index >= 15 is 0 Å². The minimum atomic E-state index is -3.18. The summed E-state index contributed by atoms with van der Waals surface area (Å²) in [6.07, 6.45) is 3.90. The second-order valence-corrected chi connectivity index (χ2v) is 6.86. The zero-order chi connectivity index (χ0) is 10.8. The van der Waals surface area contributed by atoms with Gasteiger partial charge in [-0.2, -0.15) is 0 Å². The maximum atomic E-state index is 11.6. The van der Waals surface area contributed by atoms with Gasteiger partial charge in [-0.1, -0.05) is 12.8 Å². The van der Waals surface area contributed by atoms with Crippen LogP contribution in [0, 0.1) is 5.92 Å². The lowest BCUT2D eigenvalue weighted by Gasteiger charge is -2.10. The molecule has 4 heteroatoms. The van der Waals surface area contributed by atoms with Crippen LogP contribution in [0.25, 0.3) is 0 Å². The number of ketones is 1. The Bertz CT molecular complexity index is 297. The molecule has 82 valence electrons. The topological polar surface area (TPSA) is 51.2 Å². The van der Waals surface area contributed by atoms with Crippen LogP contribution >= 0.6 is 0 Å². The molecule has 14 heavy (non-hydrogen) atoms. The average molecular weight is 218 g/mol. The molecule has 0 N–H and O–H groups in total. The third kappa shape index (κ3) is 2.80. The first-order valence-electron chi connectivity index (χ1n) is 5.18. The number of rotatable bonds is 4. The lowest BCUT2D eigenvalue weighted by atomic mass is 10.0. The van der Waals surface area contributed by atoms with Crippen molar-refractivity contribution >= 4 is 15.6 Å². The van der Waals surface area contributed by atoms with E-state index < -0.39 is 15.1 Å². The van der Waals surface area contributed by atoms with Crippen molar-refractivity contribution < 1.29 is 13.2 Å². The van der Waals surface area contributed by atoms with Crippen molar-refractivity contribution in [2.45, 2.75) is 44.8 Å². The molecule has 0 heterocycles. The van der Waals surface area contributed by atoms with E-state index in [-0.39, 0.29) is 17.5 Å². The summed E-state index contributed by atoms with van der Waals surface area (Å²) in [6, 6.07) is 0. The summed E-state index contributed by atoms with van der Waals surface area (Å²) in [5, 5.41) is -0.437. The van der Waals surface area contributed by atoms with Crippen LogP contribution in [0.15, 0.2) is 0 Å². The Morgan fingerprint density at radius 1 is 1.29 bits per heavy atom. The molecule has 0 unspecified atom stereocenters. The maximum Gasteiger partial charge on any atom is 0.159 e. The van der Waals surface area contributed by atoms with Gasteiger partial charge >= 0.3 is 0 Å². The lowest BCUT2D eigenvalue weighted by molar-refractivity contribution is -0.120. The predicted octanol–water partition coefficient (Wildman–Crippen LogP) is 1.57. The summed E-state index contributed by atoms with van der Waals surface area (Å²) in [5.41, 5.74) is 0. The van der Waals surface area contributed by atoms with Gasteiger partial charge < -0.3 is 0 Å². The van der Waals surface area contributed by atoms with Crippen LogP contribution in [0.5, 0.6) is 0 Å². The SMILES string of the molecule is CC(C)S(=O)(=O)CC(=O)C1CCCC1. The monoisotopic (exact) mass is 218 g/mol. The van der Waals surface area contributed by atoms with Gasteiger partial charge in [0.15, 0.2) is 15.6 Å². The number of carbonyl (C=O) groups excluding carboxylic acids is 1. The highest BCUT2D eigenvalue weighted by atomic mass is 32.2. The molecule has 0 aromatic carbocycles. The highest BCUT2D eigenvalue weighted by Gasteiger charge is 2.28. The number of Topliss-reactive ketones (excluding diaryl/α,β-unsaturated/α-hetero) is 1. The molecular formula is C10H18O3S. The summed E-state index contributed by atoms with van der Waals surface area (Å²) < 4.78 is 23.0. The molecule has 0 spiro atoms. The Kier molecular flexibility index (Phi) is 3.70. The lowest BCUT2D eigenvalue weighted by Crippen LogP contribution is -2.27. The Hall–Kier alpha value is -0.380. The zero-order valence-electron chi connectivity index (χ0n) is 8.82. The van der Waals surface area contributed by atoms with Crippen molar-refractivity contribution in [3.8, 4) is 0 Å². The van der Waals surface area contributed by atoms with Gasteiger partial charge in [-0.3, -0.25) is 4.79 Å². The van der Waals surface area contributed by atoms with E-state index in [4.69, 9.17) is 0 Å². The van der Waals surface area contributed by atoms with Crippen molar-refractivity contribution in [3.05, 3.63) is 0 Å². The standard InChI is InChI=1S/C10H18O3S/c1-8(2)14(12,13)7-10(11)9-5-3-4-6-9/h8-9H,3-7H2,1-2H3. The van der Waals surface area contributed by atoms with E-state index in [0.717, 1.165) is 25.7 Å². The van der Waals surface area contributed by atoms with E-state index in [9.17, 15) is 13.2 Å². The molecule has 1 saturated carbocycles. The summed E-state index contributed by atoms with van der Waals surface area (Å²) in [6.45, 7) is 3.24. The van der Waals surface area contributed by atoms with Crippen molar-refractivity contribution in [1.29, 1.82) is 0 Å². The van der Waals surface area contributed by atoms with Gasteiger partial charge in [0.1, 0.15) is 5.75 Å². The summed E-state index contributed by atoms with van der Waals surface area (Å²) in [4.78, 5) is 11.6. The Balaban J connectivity index is 2.56. The maximum absolute atomic E-state index is 11.6. The molecule has 3 nitrogen and oxygen atoms in total. The quantitative estimate of drug-likeness (QED) is 0.719. The number of hydrogen-bond donors (Lipinski definition) is 0. The Morgan fingerprint density at radius 3 is 2.21 bits per heavy atom. The molecule has 1 aliphatic rings. The molecule has 0 aromatic rings. The second kappa shape index (κ2) is 4.43. The van der Waals surface area contributed by atoms with Gasteiger partial charge in [-0.25, -0.2) is 8.42 Å². The first kappa shape index (κ1) is 11.7. The van der Waals surface area contributed by atoms with E-state index in [1.54, 1.807) is 13.8 Å². The predicted molar refractivity (Wildman–Crippen MR) is 55.9 cm³/mol. The first-order valence-corrected chi connectivity index (χ1v) is 6.89. The summed E-state index contributed by atoms with van der Waals surface area (Å²) in [7, 11) is -3.18. The molecule has 1 rings (SSSR count). The van der Waals surface area contributed by atoms with E-state index in [1.165, 1.54) is 0 Å². The molecule has 0 atom stereocenters. The van der Waals surface area contributed by atoms with Gasteiger partial charge in [0.25, 0.3) is 0 Å². The number of sulfone groups is 1. The molecular weight excluding hydrogens is 200 g/mol. The van der Waals surface area contributed by atoms with Gasteiger partial charge in [-0.15, -0.1) is 0 Å². The van der Waals surface area contributed by atoms with Crippen LogP contribution in [-0.2, 0) is 14.6 Å². The van der Waals surface area contributed by atoms with E-state index in [0.29, 0.717) is 0 Å². The third-order valence-electron chi connectivity index (χ3n) is 2.87. The molecule has 1 fully saturated rings. The van der Waals surface area contributed by atoms with E-state index in [1.807, 2.05) is 0 Å². The van der Waals surface area contributed by atoms with Crippen molar-refractivity contribution in [2.75, 3.05) is 5.75 Å². The third-order valence-corrected chi connectivity index (χ3v) is 5.00. The number of hydrogen-bond acceptors (Lipinski definition) is 3. The van der Waals surface area contributed by atoms with Crippen molar-refractivity contribution in [3.63, 3.8) is 0 Å². The largest absolute Gasteiger partial charge is 0.298 e. The normalized spacial score (nSPS) is 19.1.